The maximum absolute atomic E-state index is 12.8. The number of carbonyl (C=O) groups is 2. The van der Waals surface area contributed by atoms with Crippen molar-refractivity contribution in [2.45, 2.75) is 58.9 Å². The van der Waals surface area contributed by atoms with Crippen LogP contribution in [-0.2, 0) is 17.6 Å². The second kappa shape index (κ2) is 14.2. The summed E-state index contributed by atoms with van der Waals surface area (Å²) >= 11 is 1.27. The molecule has 1 N–H and O–H groups in total. The fourth-order valence-corrected chi connectivity index (χ4v) is 5.83. The molecule has 0 saturated carbocycles. The Morgan fingerprint density at radius 3 is 2.52 bits per heavy atom. The number of amides is 3. The zero-order chi connectivity index (χ0) is 32.8. The third-order valence-corrected chi connectivity index (χ3v) is 8.16. The molecule has 0 bridgehead atoms. The summed E-state index contributed by atoms with van der Waals surface area (Å²) in [7, 11) is 0. The van der Waals surface area contributed by atoms with Gasteiger partial charge in [0.05, 0.1) is 17.1 Å². The first kappa shape index (κ1) is 32.7. The van der Waals surface area contributed by atoms with Crippen LogP contribution in [0.2, 0.25) is 0 Å². The lowest BCUT2D eigenvalue weighted by Crippen LogP contribution is -2.34. The molecule has 0 radical (unpaired) electrons. The van der Waals surface area contributed by atoms with Crippen LogP contribution in [0.25, 0.3) is 17.1 Å². The highest BCUT2D eigenvalue weighted by molar-refractivity contribution is 8.15. The first-order chi connectivity index (χ1) is 22.0. The van der Waals surface area contributed by atoms with Gasteiger partial charge in [-0.15, -0.1) is 18.3 Å². The number of hydrogen-bond donors (Lipinski definition) is 1. The van der Waals surface area contributed by atoms with Crippen LogP contribution in [0.1, 0.15) is 43.4 Å². The standard InChI is InChI=1S/C33H33F3N6O3S/c1-4-5-24-11-6-21(2)18-28(24)42-29(43)19-46-32(42)39-31(44)38-22(3)7-8-23-9-12-25(13-10-23)30-37-20-41(40-30)26-14-16-27(17-15-26)45-33(34,35)36/h6,9-18,20,22H,4-5,7-8,19H2,1-3H3,(H,38,44)/b39-32-. The largest absolute Gasteiger partial charge is 0.573 e. The van der Waals surface area contributed by atoms with E-state index in [1.807, 2.05) is 56.3 Å². The summed E-state index contributed by atoms with van der Waals surface area (Å²) in [6.45, 7) is 5.97. The van der Waals surface area contributed by atoms with Crippen molar-refractivity contribution in [2.24, 2.45) is 4.99 Å². The maximum atomic E-state index is 12.8. The highest BCUT2D eigenvalue weighted by Gasteiger charge is 2.32. The van der Waals surface area contributed by atoms with Gasteiger partial charge in [0.15, 0.2) is 11.0 Å². The van der Waals surface area contributed by atoms with Gasteiger partial charge in [-0.2, -0.15) is 4.99 Å². The van der Waals surface area contributed by atoms with Crippen molar-refractivity contribution in [3.63, 3.8) is 0 Å². The van der Waals surface area contributed by atoms with E-state index in [0.717, 1.165) is 40.8 Å². The van der Waals surface area contributed by atoms with Crippen molar-refractivity contribution in [1.29, 1.82) is 0 Å². The number of ether oxygens (including phenoxy) is 1. The summed E-state index contributed by atoms with van der Waals surface area (Å²) in [6, 6.07) is 18.4. The topological polar surface area (TPSA) is 102 Å². The highest BCUT2D eigenvalue weighted by atomic mass is 32.2. The number of thioether (sulfide) groups is 1. The van der Waals surface area contributed by atoms with E-state index in [0.29, 0.717) is 29.5 Å². The van der Waals surface area contributed by atoms with Gasteiger partial charge < -0.3 is 10.1 Å². The molecule has 2 heterocycles. The average molecular weight is 651 g/mol. The van der Waals surface area contributed by atoms with Crippen LogP contribution in [0.15, 0.2) is 78.0 Å². The number of hydrogen-bond acceptors (Lipinski definition) is 6. The number of nitrogens with one attached hydrogen (secondary N) is 1. The molecule has 46 heavy (non-hydrogen) atoms. The number of aromatic nitrogens is 3. The van der Waals surface area contributed by atoms with E-state index in [4.69, 9.17) is 0 Å². The zero-order valence-corrected chi connectivity index (χ0v) is 26.4. The summed E-state index contributed by atoms with van der Waals surface area (Å²) in [6.07, 6.45) is -0.135. The lowest BCUT2D eigenvalue weighted by Gasteiger charge is -2.20. The third-order valence-electron chi connectivity index (χ3n) is 7.24. The monoisotopic (exact) mass is 650 g/mol. The van der Waals surface area contributed by atoms with Crippen molar-refractivity contribution in [1.82, 2.24) is 20.1 Å². The Morgan fingerprint density at radius 2 is 1.83 bits per heavy atom. The van der Waals surface area contributed by atoms with Gasteiger partial charge in [0.1, 0.15) is 12.1 Å². The predicted molar refractivity (Wildman–Crippen MR) is 172 cm³/mol. The van der Waals surface area contributed by atoms with Gasteiger partial charge in [-0.25, -0.2) is 14.5 Å². The lowest BCUT2D eigenvalue weighted by molar-refractivity contribution is -0.274. The SMILES string of the molecule is CCCc1ccc(C)cc1N1C(=O)CS/C1=N\C(=O)NC(C)CCc1ccc(-c2ncn(-c3ccc(OC(F)(F)F)cc3)n2)cc1. The molecule has 1 fully saturated rings. The summed E-state index contributed by atoms with van der Waals surface area (Å²) in [5.74, 6) is 0.295. The van der Waals surface area contributed by atoms with Crippen molar-refractivity contribution in [3.05, 3.63) is 89.7 Å². The summed E-state index contributed by atoms with van der Waals surface area (Å²) in [4.78, 5) is 35.8. The molecule has 13 heteroatoms. The summed E-state index contributed by atoms with van der Waals surface area (Å²) in [5, 5.41) is 7.74. The van der Waals surface area contributed by atoms with Gasteiger partial charge in [-0.05, 0) is 80.1 Å². The van der Waals surface area contributed by atoms with Crippen LogP contribution < -0.4 is 15.0 Å². The number of anilines is 1. The number of rotatable bonds is 10. The van der Waals surface area contributed by atoms with Gasteiger partial charge in [-0.3, -0.25) is 9.69 Å². The lowest BCUT2D eigenvalue weighted by atomic mass is 10.0. The van der Waals surface area contributed by atoms with Crippen LogP contribution in [0.3, 0.4) is 0 Å². The van der Waals surface area contributed by atoms with Gasteiger partial charge in [0, 0.05) is 11.6 Å². The van der Waals surface area contributed by atoms with Gasteiger partial charge in [0.25, 0.3) is 0 Å². The van der Waals surface area contributed by atoms with E-state index in [1.165, 1.54) is 47.0 Å². The Hall–Kier alpha value is -4.65. The number of aryl methyl sites for hydroxylation is 3. The van der Waals surface area contributed by atoms with E-state index in [9.17, 15) is 22.8 Å². The average Bonchev–Trinajstić information content (AvgIpc) is 3.64. The number of halogens is 3. The van der Waals surface area contributed by atoms with Gasteiger partial charge in [-0.1, -0.05) is 61.5 Å². The molecule has 240 valence electrons. The number of nitrogens with zero attached hydrogens (tertiary/aromatic N) is 5. The van der Waals surface area contributed by atoms with E-state index in [1.54, 1.807) is 4.90 Å². The minimum absolute atomic E-state index is 0.0911. The summed E-state index contributed by atoms with van der Waals surface area (Å²) < 4.78 is 42.6. The Kier molecular flexibility index (Phi) is 10.1. The first-order valence-electron chi connectivity index (χ1n) is 14.8. The number of benzene rings is 3. The predicted octanol–water partition coefficient (Wildman–Crippen LogP) is 7.26. The van der Waals surface area contributed by atoms with E-state index in [2.05, 4.69) is 32.1 Å². The fourth-order valence-electron chi connectivity index (χ4n) is 4.97. The number of aliphatic imine (C=N–C) groups is 1. The quantitative estimate of drug-likeness (QED) is 0.194. The number of amidine groups is 1. The molecule has 1 aromatic heterocycles. The second-order valence-corrected chi connectivity index (χ2v) is 11.9. The van der Waals surface area contributed by atoms with Crippen LogP contribution in [-0.4, -0.2) is 50.0 Å². The smallest absolute Gasteiger partial charge is 0.406 e. The van der Waals surface area contributed by atoms with Crippen molar-refractivity contribution in [3.8, 4) is 22.8 Å². The molecule has 3 amide bonds. The molecule has 3 aromatic carbocycles. The normalized spacial score (nSPS) is 15.0. The Labute approximate surface area is 268 Å². The molecule has 1 unspecified atom stereocenters. The molecule has 9 nitrogen and oxygen atoms in total. The van der Waals surface area contributed by atoms with E-state index >= 15 is 0 Å². The Bertz CT molecular complexity index is 1720. The molecule has 5 rings (SSSR count). The molecule has 0 spiro atoms. The zero-order valence-electron chi connectivity index (χ0n) is 25.5. The first-order valence-corrected chi connectivity index (χ1v) is 15.8. The Balaban J connectivity index is 1.16. The maximum Gasteiger partial charge on any atom is 0.573 e. The third kappa shape index (κ3) is 8.33. The minimum Gasteiger partial charge on any atom is -0.406 e. The molecular weight excluding hydrogens is 617 g/mol. The molecule has 1 atom stereocenters. The number of carbonyl (C=O) groups excluding carboxylic acids is 2. The Morgan fingerprint density at radius 1 is 1.09 bits per heavy atom. The molecule has 4 aromatic rings. The van der Waals surface area contributed by atoms with E-state index < -0.39 is 12.4 Å². The van der Waals surface area contributed by atoms with Crippen LogP contribution in [0, 0.1) is 6.92 Å². The van der Waals surface area contributed by atoms with Gasteiger partial charge >= 0.3 is 12.4 Å². The van der Waals surface area contributed by atoms with Crippen molar-refractivity contribution in [2.75, 3.05) is 10.7 Å². The van der Waals surface area contributed by atoms with Gasteiger partial charge in [0.2, 0.25) is 5.91 Å². The van der Waals surface area contributed by atoms with Crippen LogP contribution in [0.5, 0.6) is 5.75 Å². The highest BCUT2D eigenvalue weighted by Crippen LogP contribution is 2.31. The van der Waals surface area contributed by atoms with Crippen LogP contribution >= 0.6 is 11.8 Å². The number of alkyl halides is 3. The van der Waals surface area contributed by atoms with E-state index in [-0.39, 0.29) is 23.5 Å². The molecular formula is C33H33F3N6O3S. The van der Waals surface area contributed by atoms with Crippen molar-refractivity contribution >= 4 is 34.6 Å². The number of urea groups is 1. The molecule has 1 aliphatic heterocycles. The fraction of sp³-hybridized carbons (Fsp3) is 0.303. The second-order valence-electron chi connectivity index (χ2n) is 10.9. The summed E-state index contributed by atoms with van der Waals surface area (Å²) in [5.41, 5.74) is 5.24. The minimum atomic E-state index is -4.75. The van der Waals surface area contributed by atoms with Crippen molar-refractivity contribution < 1.29 is 27.5 Å². The molecule has 1 aliphatic rings. The van der Waals surface area contributed by atoms with Crippen LogP contribution in [0.4, 0.5) is 23.7 Å². The molecule has 0 aliphatic carbocycles. The molecule has 1 saturated heterocycles.